The Morgan fingerprint density at radius 2 is 1.29 bits per heavy atom. The van der Waals surface area contributed by atoms with Crippen molar-refractivity contribution in [2.24, 2.45) is 0 Å². The summed E-state index contributed by atoms with van der Waals surface area (Å²) in [5.74, 6) is -7.52. The second kappa shape index (κ2) is 13.4. The fourth-order valence-corrected chi connectivity index (χ4v) is 3.84. The fourth-order valence-electron chi connectivity index (χ4n) is 3.84. The monoisotopic (exact) mass is 491 g/mol. The molecule has 0 aromatic rings. The Hall–Kier alpha value is -3.30. The van der Waals surface area contributed by atoms with E-state index >= 15 is 0 Å². The van der Waals surface area contributed by atoms with Crippen molar-refractivity contribution in [1.29, 1.82) is 0 Å². The molecule has 0 bridgehead atoms. The van der Waals surface area contributed by atoms with Crippen molar-refractivity contribution in [1.82, 2.24) is 14.7 Å². The second-order valence-corrected chi connectivity index (χ2v) is 7.94. The number of hydrogen-bond acceptors (Lipinski definition) is 9. The number of likely N-dealkylation sites (tertiary alicyclic amines) is 1. The summed E-state index contributed by atoms with van der Waals surface area (Å²) >= 11 is 0. The molecule has 192 valence electrons. The third-order valence-corrected chi connectivity index (χ3v) is 5.17. The van der Waals surface area contributed by atoms with Gasteiger partial charge in [-0.15, -0.1) is 0 Å². The molecule has 3 atom stereocenters. The van der Waals surface area contributed by atoms with Crippen molar-refractivity contribution in [3.8, 4) is 0 Å². The molecule has 0 unspecified atom stereocenters. The molecule has 34 heavy (non-hydrogen) atoms. The Morgan fingerprint density at radius 3 is 1.74 bits per heavy atom. The Morgan fingerprint density at radius 1 is 0.794 bits per heavy atom. The van der Waals surface area contributed by atoms with Crippen LogP contribution in [0.3, 0.4) is 0 Å². The highest BCUT2D eigenvalue weighted by molar-refractivity contribution is 5.88. The molecule has 1 amide bonds. The van der Waals surface area contributed by atoms with Crippen LogP contribution in [0.1, 0.15) is 25.7 Å². The minimum Gasteiger partial charge on any atom is -0.480 e. The zero-order valence-electron chi connectivity index (χ0n) is 18.3. The van der Waals surface area contributed by atoms with Crippen LogP contribution in [0.5, 0.6) is 0 Å². The lowest BCUT2D eigenvalue weighted by molar-refractivity contribution is -0.153. The molecule has 1 saturated heterocycles. The maximum atomic E-state index is 13.2. The maximum Gasteiger partial charge on any atom is 0.326 e. The van der Waals surface area contributed by atoms with Crippen LogP contribution in [0.4, 0.5) is 0 Å². The summed E-state index contributed by atoms with van der Waals surface area (Å²) in [7, 11) is 0. The number of carbonyl (C=O) groups excluding carboxylic acids is 1. The van der Waals surface area contributed by atoms with E-state index < -0.39 is 80.1 Å². The van der Waals surface area contributed by atoms with E-state index in [1.165, 1.54) is 0 Å². The number of carbonyl (C=O) groups is 6. The number of carboxylic acid groups (broad SMARTS) is 5. The average molecular weight is 491 g/mol. The highest BCUT2D eigenvalue weighted by Gasteiger charge is 2.42. The van der Waals surface area contributed by atoms with E-state index in [1.807, 2.05) is 0 Å². The number of rotatable bonds is 16. The number of amides is 1. The predicted molar refractivity (Wildman–Crippen MR) is 110 cm³/mol. The predicted octanol–water partition coefficient (Wildman–Crippen LogP) is -2.49. The number of β-amino-alcohol motifs (C(OH)–C–C–N with tert-alkyl or cyclic N) is 1. The fraction of sp³-hybridized carbons (Fsp3) is 0.684. The van der Waals surface area contributed by atoms with Crippen molar-refractivity contribution in [3.63, 3.8) is 0 Å². The van der Waals surface area contributed by atoms with Gasteiger partial charge in [0.2, 0.25) is 5.91 Å². The van der Waals surface area contributed by atoms with Gasteiger partial charge < -0.3 is 35.5 Å². The summed E-state index contributed by atoms with van der Waals surface area (Å²) in [4.78, 5) is 72.0. The van der Waals surface area contributed by atoms with Crippen molar-refractivity contribution >= 4 is 35.8 Å². The largest absolute Gasteiger partial charge is 0.480 e. The normalized spacial score (nSPS) is 18.7. The highest BCUT2D eigenvalue weighted by atomic mass is 16.4. The van der Waals surface area contributed by atoms with Gasteiger partial charge in [-0.3, -0.25) is 33.8 Å². The van der Waals surface area contributed by atoms with Gasteiger partial charge in [-0.1, -0.05) is 6.42 Å². The lowest BCUT2D eigenvalue weighted by Crippen LogP contribution is -2.54. The Labute approximate surface area is 193 Å². The number of nitrogens with zero attached hydrogens (tertiary/aromatic N) is 3. The van der Waals surface area contributed by atoms with E-state index in [0.29, 0.717) is 0 Å². The summed E-state index contributed by atoms with van der Waals surface area (Å²) in [6.07, 6.45) is -1.10. The number of carboxylic acids is 5. The van der Waals surface area contributed by atoms with Gasteiger partial charge in [0.1, 0.15) is 6.04 Å². The van der Waals surface area contributed by atoms with Crippen LogP contribution in [-0.2, 0) is 28.8 Å². The molecule has 15 heteroatoms. The van der Waals surface area contributed by atoms with Crippen LogP contribution in [0.15, 0.2) is 0 Å². The van der Waals surface area contributed by atoms with Gasteiger partial charge in [0.25, 0.3) is 0 Å². The van der Waals surface area contributed by atoms with Crippen molar-refractivity contribution in [3.05, 3.63) is 0 Å². The minimum absolute atomic E-state index is 0.0253. The topological polar surface area (TPSA) is 234 Å². The smallest absolute Gasteiger partial charge is 0.326 e. The van der Waals surface area contributed by atoms with Crippen LogP contribution in [0.25, 0.3) is 0 Å². The molecule has 1 rings (SSSR count). The van der Waals surface area contributed by atoms with E-state index in [1.54, 1.807) is 0 Å². The van der Waals surface area contributed by atoms with Crippen molar-refractivity contribution in [2.75, 3.05) is 39.3 Å². The second-order valence-electron chi connectivity index (χ2n) is 7.94. The quantitative estimate of drug-likeness (QED) is 0.123. The van der Waals surface area contributed by atoms with Gasteiger partial charge >= 0.3 is 29.8 Å². The van der Waals surface area contributed by atoms with Crippen LogP contribution >= 0.6 is 0 Å². The van der Waals surface area contributed by atoms with Gasteiger partial charge in [-0.25, -0.2) is 4.79 Å². The van der Waals surface area contributed by atoms with Crippen molar-refractivity contribution < 1.29 is 59.4 Å². The van der Waals surface area contributed by atoms with Gasteiger partial charge in [0.05, 0.1) is 38.3 Å². The van der Waals surface area contributed by atoms with E-state index in [-0.39, 0.29) is 38.8 Å². The Balaban J connectivity index is 3.02. The zero-order chi connectivity index (χ0) is 26.0. The molecule has 0 aromatic heterocycles. The summed E-state index contributed by atoms with van der Waals surface area (Å²) in [6, 6.07) is -2.70. The molecule has 1 aliphatic heterocycles. The molecule has 1 heterocycles. The van der Waals surface area contributed by atoms with Crippen molar-refractivity contribution in [2.45, 2.75) is 43.9 Å². The number of aliphatic hydroxyl groups excluding tert-OH is 1. The first kappa shape index (κ1) is 28.7. The molecule has 0 radical (unpaired) electrons. The molecule has 0 saturated carbocycles. The number of aliphatic carboxylic acids is 5. The SMILES string of the molecule is O=C(O)CN(CCCC[C@@H](C(=O)N1C[C@H](O)C[C@H]1C(=O)O)N(CC(=O)O)CC(=O)O)CC(=O)O. The van der Waals surface area contributed by atoms with Crippen LogP contribution in [-0.4, -0.2) is 139 Å². The van der Waals surface area contributed by atoms with E-state index in [9.17, 15) is 49.2 Å². The molecule has 0 aliphatic carbocycles. The third-order valence-electron chi connectivity index (χ3n) is 5.17. The summed E-state index contributed by atoms with van der Waals surface area (Å²) in [5, 5.41) is 55.4. The number of hydrogen-bond donors (Lipinski definition) is 6. The summed E-state index contributed by atoms with van der Waals surface area (Å²) in [5.41, 5.74) is 0. The van der Waals surface area contributed by atoms with E-state index in [0.717, 1.165) is 14.7 Å². The Kier molecular flexibility index (Phi) is 11.3. The van der Waals surface area contributed by atoms with Gasteiger partial charge in [0, 0.05) is 13.0 Å². The first-order valence-corrected chi connectivity index (χ1v) is 10.4. The van der Waals surface area contributed by atoms with Crippen LogP contribution in [0.2, 0.25) is 0 Å². The molecular weight excluding hydrogens is 462 g/mol. The van der Waals surface area contributed by atoms with Gasteiger partial charge in [0.15, 0.2) is 0 Å². The molecular formula is C19H29N3O12. The van der Waals surface area contributed by atoms with E-state index in [2.05, 4.69) is 0 Å². The van der Waals surface area contributed by atoms with Crippen LogP contribution in [0, 0.1) is 0 Å². The van der Waals surface area contributed by atoms with Gasteiger partial charge in [-0.05, 0) is 19.4 Å². The number of aliphatic hydroxyl groups is 1. The molecule has 0 spiro atoms. The third kappa shape index (κ3) is 9.68. The molecule has 0 aromatic carbocycles. The lowest BCUT2D eigenvalue weighted by atomic mass is 10.0. The van der Waals surface area contributed by atoms with Crippen LogP contribution < -0.4 is 0 Å². The first-order valence-electron chi connectivity index (χ1n) is 10.4. The summed E-state index contributed by atoms with van der Waals surface area (Å²) < 4.78 is 0. The molecule has 6 N–H and O–H groups in total. The maximum absolute atomic E-state index is 13.2. The zero-order valence-corrected chi connectivity index (χ0v) is 18.3. The lowest BCUT2D eigenvalue weighted by Gasteiger charge is -2.33. The highest BCUT2D eigenvalue weighted by Crippen LogP contribution is 2.22. The molecule has 15 nitrogen and oxygen atoms in total. The molecule has 1 fully saturated rings. The standard InChI is InChI=1S/C19H29N3O12/c23-11-5-13(19(33)34)22(6-11)18(32)12(21(9-16(28)29)10-17(30)31)3-1-2-4-20(7-14(24)25)8-15(26)27/h11-13,23H,1-10H2,(H,24,25)(H,26,27)(H,28,29)(H,30,31)(H,33,34)/t11-,12+,13+/m1/s1. The van der Waals surface area contributed by atoms with E-state index in [4.69, 9.17) is 10.2 Å². The first-order chi connectivity index (χ1) is 15.8. The number of unbranched alkanes of at least 4 members (excludes halogenated alkanes) is 1. The average Bonchev–Trinajstić information content (AvgIpc) is 3.07. The minimum atomic E-state index is -1.41. The van der Waals surface area contributed by atoms with Gasteiger partial charge in [-0.2, -0.15) is 0 Å². The summed E-state index contributed by atoms with van der Waals surface area (Å²) in [6.45, 7) is -3.00. The Bertz CT molecular complexity index is 756. The molecule has 1 aliphatic rings.